The number of ether oxygens (including phenoxy) is 1. The third-order valence-electron chi connectivity index (χ3n) is 7.59. The SMILES string of the molecule is COC(C)C1=C(C(=O)c2cccc(C(F)(F)F)c2)C(C2CCCC2)C2C(=O)CC(C)(C)CC2=N1. The molecule has 0 saturated heterocycles. The van der Waals surface area contributed by atoms with E-state index in [0.29, 0.717) is 24.1 Å². The quantitative estimate of drug-likeness (QED) is 0.460. The highest BCUT2D eigenvalue weighted by molar-refractivity contribution is 6.15. The van der Waals surface area contributed by atoms with E-state index in [-0.39, 0.29) is 28.6 Å². The molecule has 2 aliphatic carbocycles. The van der Waals surface area contributed by atoms with E-state index >= 15 is 0 Å². The average Bonchev–Trinajstić information content (AvgIpc) is 3.30. The van der Waals surface area contributed by atoms with Crippen LogP contribution in [0, 0.1) is 23.2 Å². The molecule has 0 bridgehead atoms. The molecule has 1 aromatic carbocycles. The molecular weight excluding hydrogens is 443 g/mol. The number of hydrogen-bond donors (Lipinski definition) is 0. The van der Waals surface area contributed by atoms with Crippen molar-refractivity contribution in [2.24, 2.45) is 28.2 Å². The lowest BCUT2D eigenvalue weighted by molar-refractivity contribution is -0.137. The van der Waals surface area contributed by atoms with Gasteiger partial charge in [-0.1, -0.05) is 38.8 Å². The molecule has 1 heterocycles. The molecule has 3 aliphatic rings. The van der Waals surface area contributed by atoms with Crippen LogP contribution in [0.1, 0.15) is 75.2 Å². The maximum absolute atomic E-state index is 13.9. The summed E-state index contributed by atoms with van der Waals surface area (Å²) in [6.45, 7) is 5.88. The fourth-order valence-electron chi connectivity index (χ4n) is 6.01. The maximum Gasteiger partial charge on any atom is 0.416 e. The van der Waals surface area contributed by atoms with E-state index in [1.807, 2.05) is 13.8 Å². The molecule has 0 amide bonds. The van der Waals surface area contributed by atoms with Crippen LogP contribution in [0.3, 0.4) is 0 Å². The van der Waals surface area contributed by atoms with Crippen LogP contribution in [0.15, 0.2) is 40.5 Å². The number of allylic oxidation sites excluding steroid dienone is 1. The number of nitrogens with zero attached hydrogens (tertiary/aromatic N) is 1. The highest BCUT2D eigenvalue weighted by Crippen LogP contribution is 2.50. The van der Waals surface area contributed by atoms with Crippen LogP contribution in [-0.2, 0) is 15.7 Å². The minimum Gasteiger partial charge on any atom is -0.375 e. The predicted octanol–water partition coefficient (Wildman–Crippen LogP) is 6.44. The van der Waals surface area contributed by atoms with Gasteiger partial charge in [0.25, 0.3) is 0 Å². The maximum atomic E-state index is 13.9. The molecule has 0 radical (unpaired) electrons. The topological polar surface area (TPSA) is 55.7 Å². The minimum atomic E-state index is -4.55. The number of carbonyl (C=O) groups excluding carboxylic acids is 2. The fraction of sp³-hybridized carbons (Fsp3) is 0.593. The third kappa shape index (κ3) is 4.64. The lowest BCUT2D eigenvalue weighted by Crippen LogP contribution is -2.47. The van der Waals surface area contributed by atoms with Crippen molar-refractivity contribution in [3.8, 4) is 0 Å². The number of fused-ring (bicyclic) bond motifs is 1. The number of hydrogen-bond acceptors (Lipinski definition) is 4. The first kappa shape index (κ1) is 24.8. The van der Waals surface area contributed by atoms with Gasteiger partial charge in [-0.05, 0) is 49.7 Å². The number of aliphatic imine (C=N–C) groups is 1. The second-order valence-electron chi connectivity index (χ2n) is 10.7. The Morgan fingerprint density at radius 3 is 2.47 bits per heavy atom. The second kappa shape index (κ2) is 9.06. The Hall–Kier alpha value is -2.28. The van der Waals surface area contributed by atoms with E-state index in [2.05, 4.69) is 0 Å². The van der Waals surface area contributed by atoms with Crippen molar-refractivity contribution in [1.29, 1.82) is 0 Å². The standard InChI is InChI=1S/C27H32F3NO3/c1-15(34-4)24-23(25(33)17-10-7-11-18(12-17)27(28,29)30)21(16-8-5-6-9-16)22-19(31-24)13-26(2,3)14-20(22)32/h7,10-12,15-16,21-22H,5-6,8-9,13-14H2,1-4H3. The van der Waals surface area contributed by atoms with Crippen LogP contribution in [-0.4, -0.2) is 30.5 Å². The van der Waals surface area contributed by atoms with Gasteiger partial charge in [0.15, 0.2) is 5.78 Å². The number of carbonyl (C=O) groups is 2. The van der Waals surface area contributed by atoms with Gasteiger partial charge >= 0.3 is 6.18 Å². The predicted molar refractivity (Wildman–Crippen MR) is 124 cm³/mol. The van der Waals surface area contributed by atoms with Crippen LogP contribution < -0.4 is 0 Å². The molecular formula is C27H32F3NO3. The van der Waals surface area contributed by atoms with Crippen LogP contribution >= 0.6 is 0 Å². The molecule has 1 aromatic rings. The van der Waals surface area contributed by atoms with Crippen LogP contribution in [0.25, 0.3) is 0 Å². The zero-order chi connectivity index (χ0) is 24.8. The zero-order valence-electron chi connectivity index (χ0n) is 20.2. The molecule has 3 unspecified atom stereocenters. The van der Waals surface area contributed by atoms with Crippen molar-refractivity contribution < 1.29 is 27.5 Å². The lowest BCUT2D eigenvalue weighted by Gasteiger charge is -2.44. The average molecular weight is 476 g/mol. The first-order valence-corrected chi connectivity index (χ1v) is 12.0. The van der Waals surface area contributed by atoms with Crippen LogP contribution in [0.2, 0.25) is 0 Å². The molecule has 2 fully saturated rings. The van der Waals surface area contributed by atoms with Gasteiger partial charge in [0.1, 0.15) is 5.78 Å². The molecule has 4 rings (SSSR count). The molecule has 34 heavy (non-hydrogen) atoms. The summed E-state index contributed by atoms with van der Waals surface area (Å²) >= 11 is 0. The Kier molecular flexibility index (Phi) is 6.62. The normalized spacial score (nSPS) is 26.3. The summed E-state index contributed by atoms with van der Waals surface area (Å²) < 4.78 is 45.7. The Balaban J connectivity index is 1.91. The first-order valence-electron chi connectivity index (χ1n) is 12.0. The van der Waals surface area contributed by atoms with Gasteiger partial charge in [-0.2, -0.15) is 13.2 Å². The highest BCUT2D eigenvalue weighted by atomic mass is 19.4. The molecule has 1 aliphatic heterocycles. The van der Waals surface area contributed by atoms with Crippen molar-refractivity contribution in [3.63, 3.8) is 0 Å². The summed E-state index contributed by atoms with van der Waals surface area (Å²) in [5.74, 6) is -1.17. The molecule has 4 nitrogen and oxygen atoms in total. The molecule has 184 valence electrons. The summed E-state index contributed by atoms with van der Waals surface area (Å²) in [5.41, 5.74) is 0.485. The smallest absolute Gasteiger partial charge is 0.375 e. The number of rotatable bonds is 5. The number of Topliss-reactive ketones (excluding diaryl/α,β-unsaturated/α-hetero) is 2. The number of halogens is 3. The minimum absolute atomic E-state index is 0.0316. The molecule has 0 N–H and O–H groups in total. The van der Waals surface area contributed by atoms with E-state index in [1.165, 1.54) is 19.2 Å². The Morgan fingerprint density at radius 2 is 1.85 bits per heavy atom. The highest BCUT2D eigenvalue weighted by Gasteiger charge is 2.50. The number of benzene rings is 1. The van der Waals surface area contributed by atoms with Crippen molar-refractivity contribution in [3.05, 3.63) is 46.7 Å². The molecule has 3 atom stereocenters. The first-order chi connectivity index (χ1) is 15.9. The van der Waals surface area contributed by atoms with Crippen molar-refractivity contribution in [1.82, 2.24) is 0 Å². The molecule has 7 heteroatoms. The number of methoxy groups -OCH3 is 1. The summed E-state index contributed by atoms with van der Waals surface area (Å²) in [4.78, 5) is 32.2. The van der Waals surface area contributed by atoms with E-state index in [9.17, 15) is 22.8 Å². The van der Waals surface area contributed by atoms with Gasteiger partial charge in [0.2, 0.25) is 0 Å². The van der Waals surface area contributed by atoms with Crippen LogP contribution in [0.5, 0.6) is 0 Å². The second-order valence-corrected chi connectivity index (χ2v) is 10.7. The lowest BCUT2D eigenvalue weighted by atomic mass is 9.61. The Bertz CT molecular complexity index is 1050. The Labute approximate surface area is 198 Å². The fourth-order valence-corrected chi connectivity index (χ4v) is 6.01. The van der Waals surface area contributed by atoms with Crippen molar-refractivity contribution in [2.45, 2.75) is 71.6 Å². The largest absolute Gasteiger partial charge is 0.416 e. The zero-order valence-corrected chi connectivity index (χ0v) is 20.2. The van der Waals surface area contributed by atoms with E-state index in [0.717, 1.165) is 43.5 Å². The summed E-state index contributed by atoms with van der Waals surface area (Å²) in [6, 6.07) is 4.53. The number of alkyl halides is 3. The number of ketones is 2. The van der Waals surface area contributed by atoms with E-state index < -0.39 is 29.5 Å². The van der Waals surface area contributed by atoms with Crippen molar-refractivity contribution in [2.75, 3.05) is 7.11 Å². The van der Waals surface area contributed by atoms with E-state index in [4.69, 9.17) is 9.73 Å². The third-order valence-corrected chi connectivity index (χ3v) is 7.59. The Morgan fingerprint density at radius 1 is 1.18 bits per heavy atom. The summed E-state index contributed by atoms with van der Waals surface area (Å²) in [7, 11) is 1.52. The molecule has 2 saturated carbocycles. The van der Waals surface area contributed by atoms with Gasteiger partial charge in [0, 0.05) is 36.3 Å². The van der Waals surface area contributed by atoms with Gasteiger partial charge in [0.05, 0.1) is 23.3 Å². The van der Waals surface area contributed by atoms with Crippen molar-refractivity contribution >= 4 is 17.3 Å². The monoisotopic (exact) mass is 475 g/mol. The van der Waals surface area contributed by atoms with Gasteiger partial charge < -0.3 is 4.74 Å². The van der Waals surface area contributed by atoms with Gasteiger partial charge in [-0.25, -0.2) is 0 Å². The van der Waals surface area contributed by atoms with Gasteiger partial charge in [-0.3, -0.25) is 14.6 Å². The summed E-state index contributed by atoms with van der Waals surface area (Å²) in [5, 5.41) is 0. The summed E-state index contributed by atoms with van der Waals surface area (Å²) in [6.07, 6.45) is -0.223. The molecule has 0 aromatic heterocycles. The van der Waals surface area contributed by atoms with E-state index in [1.54, 1.807) is 6.92 Å². The van der Waals surface area contributed by atoms with Crippen LogP contribution in [0.4, 0.5) is 13.2 Å². The van der Waals surface area contributed by atoms with Gasteiger partial charge in [-0.15, -0.1) is 0 Å². The molecule has 0 spiro atoms.